The number of nitrogens with one attached hydrogen (secondary N) is 3. The van der Waals surface area contributed by atoms with Crippen molar-refractivity contribution in [2.75, 3.05) is 27.4 Å². The molecule has 1 amide bonds. The van der Waals surface area contributed by atoms with E-state index in [0.29, 0.717) is 11.4 Å². The van der Waals surface area contributed by atoms with Crippen molar-refractivity contribution in [3.05, 3.63) is 24.3 Å². The molecule has 9 heteroatoms. The number of thioether (sulfide) groups is 1. The molecule has 118 valence electrons. The van der Waals surface area contributed by atoms with Crippen LogP contribution in [0.25, 0.3) is 0 Å². The van der Waals surface area contributed by atoms with Gasteiger partial charge in [0.1, 0.15) is 0 Å². The van der Waals surface area contributed by atoms with E-state index >= 15 is 0 Å². The van der Waals surface area contributed by atoms with Gasteiger partial charge in [-0.1, -0.05) is 0 Å². The molecule has 0 saturated carbocycles. The maximum Gasteiger partial charge on any atom is 0.242 e. The first-order valence-corrected chi connectivity index (χ1v) is 9.03. The molecular weight excluding hydrogens is 334 g/mol. The third kappa shape index (κ3) is 5.39. The predicted molar refractivity (Wildman–Crippen MR) is 89.7 cm³/mol. The summed E-state index contributed by atoms with van der Waals surface area (Å²) >= 11 is 1.68. The maximum absolute atomic E-state index is 11.9. The molecule has 0 aromatic heterocycles. The molecule has 1 unspecified atom stereocenters. The van der Waals surface area contributed by atoms with E-state index in [4.69, 9.17) is 0 Å². The van der Waals surface area contributed by atoms with Gasteiger partial charge in [0, 0.05) is 23.0 Å². The van der Waals surface area contributed by atoms with Crippen LogP contribution in [0, 0.1) is 0 Å². The third-order valence-corrected chi connectivity index (χ3v) is 5.09. The summed E-state index contributed by atoms with van der Waals surface area (Å²) in [5, 5.41) is 5.88. The molecule has 0 aliphatic carbocycles. The van der Waals surface area contributed by atoms with E-state index in [1.165, 1.54) is 0 Å². The Morgan fingerprint density at radius 1 is 1.33 bits per heavy atom. The SMILES string of the molecule is CCS(=O)(=O)Nc1ccc(NC(=O)C2CSCN2)cc1.Cl. The van der Waals surface area contributed by atoms with Gasteiger partial charge in [-0.15, -0.1) is 24.2 Å². The van der Waals surface area contributed by atoms with Gasteiger partial charge in [0.15, 0.2) is 0 Å². The average molecular weight is 352 g/mol. The molecule has 3 N–H and O–H groups in total. The Hall–Kier alpha value is -0.960. The van der Waals surface area contributed by atoms with Crippen molar-refractivity contribution in [1.29, 1.82) is 0 Å². The van der Waals surface area contributed by atoms with Gasteiger partial charge in [-0.3, -0.25) is 14.8 Å². The number of amides is 1. The number of carbonyl (C=O) groups is 1. The van der Waals surface area contributed by atoms with E-state index in [1.54, 1.807) is 43.0 Å². The monoisotopic (exact) mass is 351 g/mol. The Kier molecular flexibility index (Phi) is 6.79. The minimum Gasteiger partial charge on any atom is -0.325 e. The summed E-state index contributed by atoms with van der Waals surface area (Å²) in [6.45, 7) is 1.57. The predicted octanol–water partition coefficient (Wildman–Crippen LogP) is 1.47. The lowest BCUT2D eigenvalue weighted by Crippen LogP contribution is -2.37. The van der Waals surface area contributed by atoms with Crippen LogP contribution in [0.3, 0.4) is 0 Å². The summed E-state index contributed by atoms with van der Waals surface area (Å²) in [5.74, 6) is 1.50. The van der Waals surface area contributed by atoms with E-state index in [0.717, 1.165) is 11.6 Å². The standard InChI is InChI=1S/C12H17N3O3S2.ClH/c1-2-20(17,18)15-10-5-3-9(4-6-10)14-12(16)11-7-19-8-13-11;/h3-6,11,13,15H,2,7-8H2,1H3,(H,14,16);1H. The molecule has 1 fully saturated rings. The van der Waals surface area contributed by atoms with E-state index in [-0.39, 0.29) is 30.1 Å². The largest absolute Gasteiger partial charge is 0.325 e. The van der Waals surface area contributed by atoms with Crippen LogP contribution < -0.4 is 15.4 Å². The fraction of sp³-hybridized carbons (Fsp3) is 0.417. The molecular formula is C12H18ClN3O3S2. The smallest absolute Gasteiger partial charge is 0.242 e. The van der Waals surface area contributed by atoms with E-state index in [1.807, 2.05) is 0 Å². The number of carbonyl (C=O) groups excluding carboxylic acids is 1. The molecule has 0 spiro atoms. The zero-order valence-electron chi connectivity index (χ0n) is 11.5. The van der Waals surface area contributed by atoms with E-state index in [9.17, 15) is 13.2 Å². The van der Waals surface area contributed by atoms with Crippen LogP contribution in [0.1, 0.15) is 6.92 Å². The molecule has 1 aromatic rings. The number of hydrogen-bond donors (Lipinski definition) is 3. The molecule has 1 aliphatic heterocycles. The lowest BCUT2D eigenvalue weighted by Gasteiger charge is -2.11. The Balaban J connectivity index is 0.00000220. The van der Waals surface area contributed by atoms with E-state index < -0.39 is 10.0 Å². The molecule has 1 heterocycles. The number of rotatable bonds is 5. The molecule has 21 heavy (non-hydrogen) atoms. The van der Waals surface area contributed by atoms with Crippen LogP contribution in [-0.2, 0) is 14.8 Å². The number of anilines is 2. The molecule has 1 aromatic carbocycles. The number of benzene rings is 1. The summed E-state index contributed by atoms with van der Waals surface area (Å²) in [6, 6.07) is 6.43. The van der Waals surface area contributed by atoms with Gasteiger partial charge in [0.05, 0.1) is 11.8 Å². The van der Waals surface area contributed by atoms with Gasteiger partial charge in [0.2, 0.25) is 15.9 Å². The highest BCUT2D eigenvalue weighted by Crippen LogP contribution is 2.16. The Morgan fingerprint density at radius 2 is 1.95 bits per heavy atom. The first-order chi connectivity index (χ1) is 9.50. The van der Waals surface area contributed by atoms with E-state index in [2.05, 4.69) is 15.4 Å². The summed E-state index contributed by atoms with van der Waals surface area (Å²) < 4.78 is 25.3. The van der Waals surface area contributed by atoms with Crippen LogP contribution in [0.2, 0.25) is 0 Å². The normalized spacial score (nSPS) is 17.9. The quantitative estimate of drug-likeness (QED) is 0.747. The molecule has 0 radical (unpaired) electrons. The Labute approximate surface area is 134 Å². The maximum atomic E-state index is 11.9. The fourth-order valence-electron chi connectivity index (χ4n) is 1.67. The molecule has 1 aliphatic rings. The first kappa shape index (κ1) is 18.1. The second-order valence-electron chi connectivity index (χ2n) is 4.34. The Morgan fingerprint density at radius 3 is 2.48 bits per heavy atom. The van der Waals surface area contributed by atoms with Gasteiger partial charge in [-0.05, 0) is 31.2 Å². The summed E-state index contributed by atoms with van der Waals surface area (Å²) in [4.78, 5) is 11.9. The highest BCUT2D eigenvalue weighted by Gasteiger charge is 2.22. The first-order valence-electron chi connectivity index (χ1n) is 6.23. The van der Waals surface area contributed by atoms with Crippen LogP contribution in [0.15, 0.2) is 24.3 Å². The highest BCUT2D eigenvalue weighted by atomic mass is 35.5. The number of sulfonamides is 1. The van der Waals surface area contributed by atoms with Gasteiger partial charge in [0.25, 0.3) is 0 Å². The average Bonchev–Trinajstić information content (AvgIpc) is 2.95. The highest BCUT2D eigenvalue weighted by molar-refractivity contribution is 7.99. The molecule has 6 nitrogen and oxygen atoms in total. The minimum absolute atomic E-state index is 0. The second-order valence-corrected chi connectivity index (χ2v) is 7.39. The van der Waals surface area contributed by atoms with Crippen LogP contribution in [0.5, 0.6) is 0 Å². The zero-order valence-corrected chi connectivity index (χ0v) is 13.9. The van der Waals surface area contributed by atoms with Gasteiger partial charge in [-0.25, -0.2) is 8.42 Å². The van der Waals surface area contributed by atoms with Crippen LogP contribution in [0.4, 0.5) is 11.4 Å². The van der Waals surface area contributed by atoms with Gasteiger partial charge in [-0.2, -0.15) is 0 Å². The van der Waals surface area contributed by atoms with Crippen LogP contribution in [-0.4, -0.2) is 37.7 Å². The number of halogens is 1. The van der Waals surface area contributed by atoms with Crippen molar-refractivity contribution in [2.24, 2.45) is 0 Å². The lowest BCUT2D eigenvalue weighted by atomic mass is 10.2. The fourth-order valence-corrected chi connectivity index (χ4v) is 3.25. The minimum atomic E-state index is -3.27. The molecule has 2 rings (SSSR count). The molecule has 1 atom stereocenters. The topological polar surface area (TPSA) is 87.3 Å². The van der Waals surface area contributed by atoms with Crippen molar-refractivity contribution in [1.82, 2.24) is 5.32 Å². The Bertz CT molecular complexity index is 572. The van der Waals surface area contributed by atoms with Crippen molar-refractivity contribution in [2.45, 2.75) is 13.0 Å². The lowest BCUT2D eigenvalue weighted by molar-refractivity contribution is -0.117. The number of hydrogen-bond acceptors (Lipinski definition) is 5. The van der Waals surface area contributed by atoms with Crippen molar-refractivity contribution in [3.63, 3.8) is 0 Å². The zero-order chi connectivity index (χ0) is 14.6. The third-order valence-electron chi connectivity index (χ3n) is 2.84. The van der Waals surface area contributed by atoms with Crippen molar-refractivity contribution >= 4 is 51.5 Å². The molecule has 0 bridgehead atoms. The molecule has 1 saturated heterocycles. The summed E-state index contributed by atoms with van der Waals surface area (Å²) in [5.41, 5.74) is 1.13. The van der Waals surface area contributed by atoms with Crippen molar-refractivity contribution < 1.29 is 13.2 Å². The van der Waals surface area contributed by atoms with Crippen LogP contribution >= 0.6 is 24.2 Å². The second kappa shape index (κ2) is 7.88. The van der Waals surface area contributed by atoms with Crippen molar-refractivity contribution in [3.8, 4) is 0 Å². The summed E-state index contributed by atoms with van der Waals surface area (Å²) in [6.07, 6.45) is 0. The van der Waals surface area contributed by atoms with Gasteiger partial charge >= 0.3 is 0 Å². The van der Waals surface area contributed by atoms with Gasteiger partial charge < -0.3 is 5.32 Å². The summed E-state index contributed by atoms with van der Waals surface area (Å²) in [7, 11) is -3.27.